The average molecular weight is 338 g/mol. The molecule has 0 unspecified atom stereocenters. The van der Waals surface area contributed by atoms with Gasteiger partial charge in [-0.2, -0.15) is 0 Å². The van der Waals surface area contributed by atoms with E-state index in [2.05, 4.69) is 85.4 Å². The van der Waals surface area contributed by atoms with Gasteiger partial charge in [0.1, 0.15) is 0 Å². The van der Waals surface area contributed by atoms with Crippen molar-refractivity contribution in [2.24, 2.45) is 10.7 Å². The number of rotatable bonds is 7. The number of hydrogen-bond donors (Lipinski definition) is 2. The van der Waals surface area contributed by atoms with Crippen LogP contribution in [0.2, 0.25) is 0 Å². The van der Waals surface area contributed by atoms with Crippen molar-refractivity contribution in [1.29, 1.82) is 0 Å². The molecule has 0 saturated carbocycles. The molecule has 0 aliphatic carbocycles. The van der Waals surface area contributed by atoms with Gasteiger partial charge in [0.25, 0.3) is 0 Å². The van der Waals surface area contributed by atoms with Crippen LogP contribution in [0.5, 0.6) is 0 Å². The Morgan fingerprint density at radius 2 is 1.60 bits per heavy atom. The fourth-order valence-electron chi connectivity index (χ4n) is 2.96. The Hall–Kier alpha value is -2.33. The Bertz CT molecular complexity index is 697. The molecule has 0 aliphatic rings. The third kappa shape index (κ3) is 5.91. The molecule has 0 heterocycles. The van der Waals surface area contributed by atoms with Crippen LogP contribution in [-0.2, 0) is 13.1 Å². The summed E-state index contributed by atoms with van der Waals surface area (Å²) in [4.78, 5) is 6.94. The van der Waals surface area contributed by atoms with Crippen molar-refractivity contribution in [3.63, 3.8) is 0 Å². The molecule has 25 heavy (non-hydrogen) atoms. The summed E-state index contributed by atoms with van der Waals surface area (Å²) in [5.74, 6) is 0.447. The second-order valence-electron chi connectivity index (χ2n) is 6.43. The first-order valence-electron chi connectivity index (χ1n) is 8.96. The van der Waals surface area contributed by atoms with Gasteiger partial charge in [0, 0.05) is 12.2 Å². The Kier molecular flexibility index (Phi) is 7.02. The maximum absolute atomic E-state index is 6.09. The summed E-state index contributed by atoms with van der Waals surface area (Å²) in [6, 6.07) is 14.7. The Morgan fingerprint density at radius 1 is 1.00 bits per heavy atom. The number of guanidine groups is 1. The number of nitrogens with zero attached hydrogens (tertiary/aromatic N) is 2. The first kappa shape index (κ1) is 19.0. The molecule has 0 amide bonds. The molecular weight excluding hydrogens is 308 g/mol. The number of hydrogen-bond acceptors (Lipinski definition) is 2. The molecule has 0 fully saturated rings. The maximum Gasteiger partial charge on any atom is 0.193 e. The van der Waals surface area contributed by atoms with Gasteiger partial charge in [-0.1, -0.05) is 44.2 Å². The molecule has 0 bridgehead atoms. The summed E-state index contributed by atoms with van der Waals surface area (Å²) in [6.45, 7) is 12.2. The van der Waals surface area contributed by atoms with Crippen LogP contribution in [-0.4, -0.2) is 23.9 Å². The van der Waals surface area contributed by atoms with E-state index in [1.807, 2.05) is 0 Å². The van der Waals surface area contributed by atoms with E-state index in [0.29, 0.717) is 12.5 Å². The van der Waals surface area contributed by atoms with Crippen molar-refractivity contribution < 1.29 is 0 Å². The highest BCUT2D eigenvalue weighted by atomic mass is 15.1. The number of nitrogens with two attached hydrogens (primary N) is 1. The number of nitrogens with one attached hydrogen (secondary N) is 1. The molecule has 0 aromatic heterocycles. The average Bonchev–Trinajstić information content (AvgIpc) is 2.57. The zero-order valence-electron chi connectivity index (χ0n) is 15.8. The molecule has 0 saturated heterocycles. The van der Waals surface area contributed by atoms with Gasteiger partial charge in [-0.05, 0) is 61.3 Å². The molecule has 4 nitrogen and oxygen atoms in total. The van der Waals surface area contributed by atoms with Crippen molar-refractivity contribution in [3.05, 3.63) is 64.7 Å². The van der Waals surface area contributed by atoms with Crippen LogP contribution in [0.15, 0.2) is 47.5 Å². The van der Waals surface area contributed by atoms with Gasteiger partial charge in [-0.15, -0.1) is 0 Å². The molecule has 3 N–H and O–H groups in total. The highest BCUT2D eigenvalue weighted by Gasteiger charge is 2.06. The number of anilines is 1. The second-order valence-corrected chi connectivity index (χ2v) is 6.43. The monoisotopic (exact) mass is 338 g/mol. The number of aliphatic imine (C=N–C) groups is 1. The van der Waals surface area contributed by atoms with Crippen LogP contribution < -0.4 is 11.1 Å². The van der Waals surface area contributed by atoms with Crippen LogP contribution in [0.3, 0.4) is 0 Å². The van der Waals surface area contributed by atoms with E-state index in [1.54, 1.807) is 0 Å². The highest BCUT2D eigenvalue weighted by Crippen LogP contribution is 2.15. The highest BCUT2D eigenvalue weighted by molar-refractivity contribution is 5.92. The first-order chi connectivity index (χ1) is 12.0. The van der Waals surface area contributed by atoms with E-state index in [-0.39, 0.29) is 0 Å². The first-order valence-corrected chi connectivity index (χ1v) is 8.96. The fourth-order valence-corrected chi connectivity index (χ4v) is 2.96. The SMILES string of the molecule is CCN(CC)Cc1ccccc1CN=C(N)Nc1cc(C)cc(C)c1. The van der Waals surface area contributed by atoms with Gasteiger partial charge in [0.2, 0.25) is 0 Å². The molecule has 0 aliphatic heterocycles. The van der Waals surface area contributed by atoms with Gasteiger partial charge < -0.3 is 11.1 Å². The lowest BCUT2D eigenvalue weighted by atomic mass is 10.1. The largest absolute Gasteiger partial charge is 0.370 e. The van der Waals surface area contributed by atoms with Crippen molar-refractivity contribution in [3.8, 4) is 0 Å². The molecule has 2 aromatic carbocycles. The van der Waals surface area contributed by atoms with Crippen LogP contribution in [0, 0.1) is 13.8 Å². The topological polar surface area (TPSA) is 53.6 Å². The van der Waals surface area contributed by atoms with Crippen LogP contribution in [0.4, 0.5) is 5.69 Å². The maximum atomic E-state index is 6.09. The van der Waals surface area contributed by atoms with E-state index in [1.165, 1.54) is 22.3 Å². The predicted octanol–water partition coefficient (Wildman–Crippen LogP) is 4.07. The van der Waals surface area contributed by atoms with Gasteiger partial charge in [0.15, 0.2) is 5.96 Å². The molecule has 4 heteroatoms. The Labute approximate surface area is 151 Å². The summed E-state index contributed by atoms with van der Waals surface area (Å²) in [6.07, 6.45) is 0. The third-order valence-electron chi connectivity index (χ3n) is 4.32. The fraction of sp³-hybridized carbons (Fsp3) is 0.381. The van der Waals surface area contributed by atoms with E-state index < -0.39 is 0 Å². The summed E-state index contributed by atoms with van der Waals surface area (Å²) < 4.78 is 0. The smallest absolute Gasteiger partial charge is 0.193 e. The van der Waals surface area contributed by atoms with Crippen molar-refractivity contribution in [2.75, 3.05) is 18.4 Å². The normalized spacial score (nSPS) is 11.8. The minimum atomic E-state index is 0.447. The Morgan fingerprint density at radius 3 is 2.20 bits per heavy atom. The lowest BCUT2D eigenvalue weighted by Crippen LogP contribution is -2.24. The van der Waals surface area contributed by atoms with E-state index in [4.69, 9.17) is 5.73 Å². The minimum Gasteiger partial charge on any atom is -0.370 e. The molecule has 0 spiro atoms. The summed E-state index contributed by atoms with van der Waals surface area (Å²) in [5.41, 5.74) is 12.0. The van der Waals surface area contributed by atoms with E-state index in [0.717, 1.165) is 25.3 Å². The lowest BCUT2D eigenvalue weighted by molar-refractivity contribution is 0.295. The van der Waals surface area contributed by atoms with E-state index in [9.17, 15) is 0 Å². The Balaban J connectivity index is 2.07. The molecule has 2 aromatic rings. The van der Waals surface area contributed by atoms with E-state index >= 15 is 0 Å². The molecule has 0 atom stereocenters. The minimum absolute atomic E-state index is 0.447. The van der Waals surface area contributed by atoms with Crippen molar-refractivity contribution in [2.45, 2.75) is 40.8 Å². The van der Waals surface area contributed by atoms with Gasteiger partial charge in [-0.25, -0.2) is 4.99 Å². The van der Waals surface area contributed by atoms with Gasteiger partial charge in [-0.3, -0.25) is 4.90 Å². The molecule has 0 radical (unpaired) electrons. The molecule has 2 rings (SSSR count). The van der Waals surface area contributed by atoms with Crippen molar-refractivity contribution in [1.82, 2.24) is 4.90 Å². The zero-order valence-corrected chi connectivity index (χ0v) is 15.8. The molecule has 134 valence electrons. The van der Waals surface area contributed by atoms with Gasteiger partial charge in [0.05, 0.1) is 6.54 Å². The summed E-state index contributed by atoms with van der Waals surface area (Å²) >= 11 is 0. The lowest BCUT2D eigenvalue weighted by Gasteiger charge is -2.19. The zero-order chi connectivity index (χ0) is 18.2. The quantitative estimate of drug-likeness (QED) is 0.591. The molecular formula is C21H30N4. The standard InChI is InChI=1S/C21H30N4/c1-5-25(6-2)15-19-10-8-7-9-18(19)14-23-21(22)24-20-12-16(3)11-17(4)13-20/h7-13H,5-6,14-15H2,1-4H3,(H3,22,23,24). The predicted molar refractivity (Wildman–Crippen MR) is 108 cm³/mol. The van der Waals surface area contributed by atoms with Crippen LogP contribution >= 0.6 is 0 Å². The summed E-state index contributed by atoms with van der Waals surface area (Å²) in [7, 11) is 0. The second kappa shape index (κ2) is 9.23. The number of benzene rings is 2. The van der Waals surface area contributed by atoms with Crippen LogP contribution in [0.25, 0.3) is 0 Å². The third-order valence-corrected chi connectivity index (χ3v) is 4.32. The van der Waals surface area contributed by atoms with Crippen LogP contribution in [0.1, 0.15) is 36.1 Å². The van der Waals surface area contributed by atoms with Gasteiger partial charge >= 0.3 is 0 Å². The number of aryl methyl sites for hydroxylation is 2. The summed E-state index contributed by atoms with van der Waals surface area (Å²) in [5, 5.41) is 3.19. The van der Waals surface area contributed by atoms with Crippen molar-refractivity contribution >= 4 is 11.6 Å².